The van der Waals surface area contributed by atoms with Gasteiger partial charge in [0.05, 0.1) is 12.5 Å². The molecule has 0 aromatic heterocycles. The van der Waals surface area contributed by atoms with Crippen molar-refractivity contribution in [2.75, 3.05) is 32.7 Å². The van der Waals surface area contributed by atoms with Crippen LogP contribution in [0, 0.1) is 6.92 Å². The van der Waals surface area contributed by atoms with Gasteiger partial charge >= 0.3 is 12.2 Å². The van der Waals surface area contributed by atoms with Crippen LogP contribution in [0.25, 0.3) is 0 Å². The van der Waals surface area contributed by atoms with Gasteiger partial charge in [0.25, 0.3) is 0 Å². The van der Waals surface area contributed by atoms with Gasteiger partial charge in [0.1, 0.15) is 6.54 Å². The second-order valence-electron chi connectivity index (χ2n) is 7.04. The van der Waals surface area contributed by atoms with Crippen molar-refractivity contribution in [2.45, 2.75) is 32.5 Å². The quantitative estimate of drug-likeness (QED) is 0.765. The summed E-state index contributed by atoms with van der Waals surface area (Å²) in [5, 5.41) is 3.50. The van der Waals surface area contributed by atoms with Crippen LogP contribution in [-0.2, 0) is 16.0 Å². The number of carbonyl (C=O) groups excluding carboxylic acids is 3. The van der Waals surface area contributed by atoms with Gasteiger partial charge < -0.3 is 10.2 Å². The van der Waals surface area contributed by atoms with E-state index >= 15 is 0 Å². The molecule has 1 atom stereocenters. The molecule has 4 amide bonds. The smallest absolute Gasteiger partial charge is 0.340 e. The number of nitrogens with one attached hydrogen (secondary N) is 2. The molecule has 1 saturated heterocycles. The lowest BCUT2D eigenvalue weighted by Gasteiger charge is -2.37. The lowest BCUT2D eigenvalue weighted by molar-refractivity contribution is -0.133. The van der Waals surface area contributed by atoms with E-state index in [1.54, 1.807) is 22.0 Å². The highest BCUT2D eigenvalue weighted by Gasteiger charge is 2.30. The molecule has 2 rings (SSSR count). The van der Waals surface area contributed by atoms with Crippen LogP contribution >= 0.6 is 0 Å². The minimum Gasteiger partial charge on any atom is -0.340 e. The van der Waals surface area contributed by atoms with Crippen molar-refractivity contribution in [2.24, 2.45) is 0 Å². The van der Waals surface area contributed by atoms with E-state index in [4.69, 9.17) is 0 Å². The molecular formula is C19H25F3N4O3. The minimum absolute atomic E-state index is 0.00265. The van der Waals surface area contributed by atoms with Gasteiger partial charge in [0.15, 0.2) is 0 Å². The van der Waals surface area contributed by atoms with Gasteiger partial charge in [-0.2, -0.15) is 13.2 Å². The number of imide groups is 1. The van der Waals surface area contributed by atoms with Crippen molar-refractivity contribution in [1.82, 2.24) is 20.4 Å². The Morgan fingerprint density at radius 2 is 1.66 bits per heavy atom. The topological polar surface area (TPSA) is 81.8 Å². The number of aryl methyl sites for hydroxylation is 1. The van der Waals surface area contributed by atoms with Gasteiger partial charge in [-0.25, -0.2) is 4.79 Å². The number of alkyl halides is 3. The van der Waals surface area contributed by atoms with Gasteiger partial charge in [-0.1, -0.05) is 29.8 Å². The number of rotatable bonds is 5. The number of hydrogen-bond donors (Lipinski definition) is 2. The summed E-state index contributed by atoms with van der Waals surface area (Å²) >= 11 is 0. The number of amides is 4. The van der Waals surface area contributed by atoms with Crippen molar-refractivity contribution < 1.29 is 27.6 Å². The summed E-state index contributed by atoms with van der Waals surface area (Å²) in [6, 6.07) is 5.84. The zero-order valence-electron chi connectivity index (χ0n) is 16.4. The highest BCUT2D eigenvalue weighted by Crippen LogP contribution is 2.12. The number of urea groups is 1. The average molecular weight is 414 g/mol. The Bertz CT molecular complexity index is 729. The van der Waals surface area contributed by atoms with Crippen molar-refractivity contribution in [3.8, 4) is 0 Å². The molecule has 2 N–H and O–H groups in total. The Labute approximate surface area is 167 Å². The highest BCUT2D eigenvalue weighted by molar-refractivity contribution is 5.96. The zero-order valence-corrected chi connectivity index (χ0v) is 16.4. The fourth-order valence-corrected chi connectivity index (χ4v) is 2.96. The van der Waals surface area contributed by atoms with Crippen LogP contribution in [0.4, 0.5) is 18.0 Å². The normalized spacial score (nSPS) is 16.2. The third-order valence-electron chi connectivity index (χ3n) is 4.76. The lowest BCUT2D eigenvalue weighted by atomic mass is 10.1. The fourth-order valence-electron chi connectivity index (χ4n) is 2.96. The van der Waals surface area contributed by atoms with Crippen LogP contribution in [0.2, 0.25) is 0 Å². The second kappa shape index (κ2) is 9.73. The summed E-state index contributed by atoms with van der Waals surface area (Å²) in [7, 11) is 0. The fraction of sp³-hybridized carbons (Fsp3) is 0.526. The maximum Gasteiger partial charge on any atom is 0.405 e. The Morgan fingerprint density at radius 3 is 2.21 bits per heavy atom. The summed E-state index contributed by atoms with van der Waals surface area (Å²) in [4.78, 5) is 39.4. The van der Waals surface area contributed by atoms with Gasteiger partial charge in [-0.3, -0.25) is 19.8 Å². The van der Waals surface area contributed by atoms with E-state index in [-0.39, 0.29) is 5.91 Å². The number of halogens is 3. The molecule has 0 unspecified atom stereocenters. The molecule has 0 radical (unpaired) electrons. The first-order chi connectivity index (χ1) is 13.5. The largest absolute Gasteiger partial charge is 0.405 e. The summed E-state index contributed by atoms with van der Waals surface area (Å²) in [5.74, 6) is -0.693. The SMILES string of the molecule is Cc1ccc(CC(=O)N2CCN([C@H](C)C(=O)NC(=O)NCC(F)(F)F)CC2)cc1. The average Bonchev–Trinajstić information content (AvgIpc) is 2.67. The number of carbonyl (C=O) groups is 3. The number of benzene rings is 1. The van der Waals surface area contributed by atoms with Crippen LogP contribution in [0.15, 0.2) is 24.3 Å². The summed E-state index contributed by atoms with van der Waals surface area (Å²) in [5.41, 5.74) is 2.05. The Hall–Kier alpha value is -2.62. The lowest BCUT2D eigenvalue weighted by Crippen LogP contribution is -2.56. The number of hydrogen-bond acceptors (Lipinski definition) is 4. The van der Waals surface area contributed by atoms with Crippen molar-refractivity contribution in [3.05, 3.63) is 35.4 Å². The molecular weight excluding hydrogens is 389 g/mol. The van der Waals surface area contributed by atoms with Crippen molar-refractivity contribution in [3.63, 3.8) is 0 Å². The standard InChI is InChI=1S/C19H25F3N4O3/c1-13-3-5-15(6-4-13)11-16(27)26-9-7-25(8-10-26)14(2)17(28)24-18(29)23-12-19(20,21)22/h3-6,14H,7-12H2,1-2H3,(H2,23,24,28,29)/t14-/m1/s1. The third-order valence-corrected chi connectivity index (χ3v) is 4.76. The molecule has 29 heavy (non-hydrogen) atoms. The van der Waals surface area contributed by atoms with Gasteiger partial charge in [-0.05, 0) is 19.4 Å². The molecule has 1 heterocycles. The first kappa shape index (κ1) is 22.7. The molecule has 1 aliphatic rings. The maximum atomic E-state index is 12.4. The first-order valence-corrected chi connectivity index (χ1v) is 9.28. The van der Waals surface area contributed by atoms with Gasteiger partial charge in [0.2, 0.25) is 11.8 Å². The predicted octanol–water partition coefficient (Wildman–Crippen LogP) is 1.46. The predicted molar refractivity (Wildman–Crippen MR) is 100 cm³/mol. The highest BCUT2D eigenvalue weighted by atomic mass is 19.4. The zero-order chi connectivity index (χ0) is 21.6. The molecule has 0 bridgehead atoms. The Balaban J connectivity index is 1.77. The van der Waals surface area contributed by atoms with E-state index in [1.165, 1.54) is 0 Å². The van der Waals surface area contributed by atoms with Crippen LogP contribution in [0.1, 0.15) is 18.1 Å². The molecule has 0 spiro atoms. The minimum atomic E-state index is -4.55. The van der Waals surface area contributed by atoms with E-state index in [0.717, 1.165) is 11.1 Å². The molecule has 10 heteroatoms. The van der Waals surface area contributed by atoms with Gasteiger partial charge in [-0.15, -0.1) is 0 Å². The number of piperazine rings is 1. The molecule has 0 aliphatic carbocycles. The van der Waals surface area contributed by atoms with E-state index < -0.39 is 30.7 Å². The molecule has 7 nitrogen and oxygen atoms in total. The van der Waals surface area contributed by atoms with Crippen LogP contribution in [-0.4, -0.2) is 72.6 Å². The summed E-state index contributed by atoms with van der Waals surface area (Å²) in [6.07, 6.45) is -4.25. The van der Waals surface area contributed by atoms with E-state index in [2.05, 4.69) is 0 Å². The molecule has 1 aromatic carbocycles. The Morgan fingerprint density at radius 1 is 1.07 bits per heavy atom. The van der Waals surface area contributed by atoms with Crippen LogP contribution in [0.5, 0.6) is 0 Å². The van der Waals surface area contributed by atoms with E-state index in [1.807, 2.05) is 36.5 Å². The molecule has 1 aliphatic heterocycles. The number of nitrogens with zero attached hydrogens (tertiary/aromatic N) is 2. The monoisotopic (exact) mass is 414 g/mol. The molecule has 0 saturated carbocycles. The third kappa shape index (κ3) is 7.37. The first-order valence-electron chi connectivity index (χ1n) is 9.28. The summed E-state index contributed by atoms with van der Waals surface area (Å²) in [6.45, 7) is 3.75. The molecule has 1 fully saturated rings. The van der Waals surface area contributed by atoms with Crippen molar-refractivity contribution >= 4 is 17.8 Å². The van der Waals surface area contributed by atoms with Gasteiger partial charge in [0, 0.05) is 26.2 Å². The summed E-state index contributed by atoms with van der Waals surface area (Å²) < 4.78 is 36.3. The second-order valence-corrected chi connectivity index (χ2v) is 7.04. The van der Waals surface area contributed by atoms with Crippen LogP contribution in [0.3, 0.4) is 0 Å². The van der Waals surface area contributed by atoms with Crippen LogP contribution < -0.4 is 10.6 Å². The van der Waals surface area contributed by atoms with E-state index in [0.29, 0.717) is 32.6 Å². The maximum absolute atomic E-state index is 12.4. The molecule has 1 aromatic rings. The Kier molecular flexibility index (Phi) is 7.60. The van der Waals surface area contributed by atoms with Crippen molar-refractivity contribution in [1.29, 1.82) is 0 Å². The van der Waals surface area contributed by atoms with E-state index in [9.17, 15) is 27.6 Å². The molecule has 160 valence electrons.